The number of nitrogens with zero attached hydrogens (tertiary/aromatic N) is 3. The maximum absolute atomic E-state index is 12.4. The van der Waals surface area contributed by atoms with Crippen molar-refractivity contribution in [3.63, 3.8) is 0 Å². The van der Waals surface area contributed by atoms with Gasteiger partial charge in [0.05, 0.1) is 6.26 Å². The quantitative estimate of drug-likeness (QED) is 0.915. The average Bonchev–Trinajstić information content (AvgIpc) is 3.18. The number of amides is 1. The Labute approximate surface area is 140 Å². The summed E-state index contributed by atoms with van der Waals surface area (Å²) >= 11 is 0. The SMILES string of the molecule is CC1NCCN(C(=O)CCc2nc(-c3ccco3)no2)C1C.Cl. The first-order chi connectivity index (χ1) is 10.6. The molecule has 2 unspecified atom stereocenters. The Balaban J connectivity index is 0.00000192. The lowest BCUT2D eigenvalue weighted by molar-refractivity contribution is -0.134. The predicted molar refractivity (Wildman–Crippen MR) is 86.2 cm³/mol. The molecule has 2 aromatic rings. The first-order valence-corrected chi connectivity index (χ1v) is 7.54. The van der Waals surface area contributed by atoms with E-state index in [1.807, 2.05) is 4.90 Å². The number of hydrogen-bond donors (Lipinski definition) is 1. The molecule has 0 aromatic carbocycles. The number of aryl methyl sites for hydroxylation is 1. The van der Waals surface area contributed by atoms with Gasteiger partial charge < -0.3 is 19.2 Å². The maximum Gasteiger partial charge on any atom is 0.238 e. The van der Waals surface area contributed by atoms with Gasteiger partial charge in [-0.15, -0.1) is 12.4 Å². The minimum Gasteiger partial charge on any atom is -0.461 e. The van der Waals surface area contributed by atoms with E-state index in [1.54, 1.807) is 18.4 Å². The van der Waals surface area contributed by atoms with Gasteiger partial charge >= 0.3 is 0 Å². The summed E-state index contributed by atoms with van der Waals surface area (Å²) in [5, 5.41) is 7.23. The molecule has 23 heavy (non-hydrogen) atoms. The molecule has 126 valence electrons. The van der Waals surface area contributed by atoms with Crippen LogP contribution in [-0.4, -0.2) is 46.1 Å². The fourth-order valence-corrected chi connectivity index (χ4v) is 2.63. The second-order valence-corrected chi connectivity index (χ2v) is 5.56. The summed E-state index contributed by atoms with van der Waals surface area (Å²) in [6.45, 7) is 5.74. The molecule has 1 N–H and O–H groups in total. The molecule has 8 heteroatoms. The summed E-state index contributed by atoms with van der Waals surface area (Å²) in [5.41, 5.74) is 0. The highest BCUT2D eigenvalue weighted by Crippen LogP contribution is 2.17. The second kappa shape index (κ2) is 7.61. The van der Waals surface area contributed by atoms with E-state index in [-0.39, 0.29) is 24.4 Å². The van der Waals surface area contributed by atoms with Crippen LogP contribution in [0.1, 0.15) is 26.2 Å². The van der Waals surface area contributed by atoms with Gasteiger partial charge in [0.15, 0.2) is 5.76 Å². The number of halogens is 1. The van der Waals surface area contributed by atoms with E-state index in [9.17, 15) is 4.79 Å². The van der Waals surface area contributed by atoms with Crippen molar-refractivity contribution in [2.24, 2.45) is 0 Å². The molecule has 1 fully saturated rings. The van der Waals surface area contributed by atoms with Crippen molar-refractivity contribution in [1.82, 2.24) is 20.4 Å². The van der Waals surface area contributed by atoms with Crippen LogP contribution in [-0.2, 0) is 11.2 Å². The van der Waals surface area contributed by atoms with E-state index in [0.29, 0.717) is 36.4 Å². The summed E-state index contributed by atoms with van der Waals surface area (Å²) in [4.78, 5) is 18.5. The molecule has 0 radical (unpaired) electrons. The van der Waals surface area contributed by atoms with Crippen LogP contribution in [0.4, 0.5) is 0 Å². The fourth-order valence-electron chi connectivity index (χ4n) is 2.63. The van der Waals surface area contributed by atoms with Crippen LogP contribution in [0.25, 0.3) is 11.6 Å². The van der Waals surface area contributed by atoms with Crippen LogP contribution >= 0.6 is 12.4 Å². The maximum atomic E-state index is 12.4. The number of hydrogen-bond acceptors (Lipinski definition) is 6. The van der Waals surface area contributed by atoms with Gasteiger partial charge in [0.1, 0.15) is 0 Å². The number of aromatic nitrogens is 2. The number of furan rings is 1. The number of nitrogens with one attached hydrogen (secondary N) is 1. The minimum absolute atomic E-state index is 0. The van der Waals surface area contributed by atoms with Crippen molar-refractivity contribution in [3.8, 4) is 11.6 Å². The molecule has 1 aliphatic heterocycles. The zero-order valence-corrected chi connectivity index (χ0v) is 14.0. The number of carbonyl (C=O) groups is 1. The first-order valence-electron chi connectivity index (χ1n) is 7.54. The predicted octanol–water partition coefficient (Wildman–Crippen LogP) is 1.89. The van der Waals surface area contributed by atoms with Gasteiger partial charge in [-0.25, -0.2) is 0 Å². The van der Waals surface area contributed by atoms with Crippen molar-refractivity contribution in [2.45, 2.75) is 38.8 Å². The lowest BCUT2D eigenvalue weighted by Crippen LogP contribution is -2.57. The molecule has 7 nitrogen and oxygen atoms in total. The van der Waals surface area contributed by atoms with Crippen molar-refractivity contribution >= 4 is 18.3 Å². The Morgan fingerprint density at radius 3 is 3.04 bits per heavy atom. The van der Waals surface area contributed by atoms with Crippen LogP contribution < -0.4 is 5.32 Å². The summed E-state index contributed by atoms with van der Waals surface area (Å²) in [5.74, 6) is 1.55. The first kappa shape index (κ1) is 17.5. The molecule has 1 saturated heterocycles. The highest BCUT2D eigenvalue weighted by Gasteiger charge is 2.28. The summed E-state index contributed by atoms with van der Waals surface area (Å²) in [6, 6.07) is 4.04. The lowest BCUT2D eigenvalue weighted by Gasteiger charge is -2.38. The Kier molecular flexibility index (Phi) is 5.79. The monoisotopic (exact) mass is 340 g/mol. The van der Waals surface area contributed by atoms with E-state index in [4.69, 9.17) is 8.94 Å². The summed E-state index contributed by atoms with van der Waals surface area (Å²) < 4.78 is 10.4. The van der Waals surface area contributed by atoms with E-state index in [0.717, 1.165) is 13.1 Å². The van der Waals surface area contributed by atoms with Crippen LogP contribution in [0.2, 0.25) is 0 Å². The molecule has 3 rings (SSSR count). The van der Waals surface area contributed by atoms with Gasteiger partial charge in [0.25, 0.3) is 0 Å². The van der Waals surface area contributed by atoms with Crippen molar-refractivity contribution < 1.29 is 13.7 Å². The number of carbonyl (C=O) groups excluding carboxylic acids is 1. The van der Waals surface area contributed by atoms with E-state index >= 15 is 0 Å². The minimum atomic E-state index is 0. The van der Waals surface area contributed by atoms with Crippen molar-refractivity contribution in [2.75, 3.05) is 13.1 Å². The third kappa shape index (κ3) is 3.92. The smallest absolute Gasteiger partial charge is 0.238 e. The number of piperazine rings is 1. The topological polar surface area (TPSA) is 84.4 Å². The zero-order chi connectivity index (χ0) is 15.5. The Bertz CT molecular complexity index is 628. The molecule has 1 amide bonds. The molecule has 1 aliphatic rings. The van der Waals surface area contributed by atoms with Crippen molar-refractivity contribution in [1.29, 1.82) is 0 Å². The number of rotatable bonds is 4. The largest absolute Gasteiger partial charge is 0.461 e. The Hall–Kier alpha value is -1.86. The fraction of sp³-hybridized carbons (Fsp3) is 0.533. The molecule has 0 aliphatic carbocycles. The molecule has 2 atom stereocenters. The van der Waals surface area contributed by atoms with Crippen LogP contribution in [0.5, 0.6) is 0 Å². The van der Waals surface area contributed by atoms with Crippen LogP contribution in [0, 0.1) is 0 Å². The second-order valence-electron chi connectivity index (χ2n) is 5.56. The standard InChI is InChI=1S/C15H20N4O3.ClH/c1-10-11(2)19(8-7-16-10)14(20)6-5-13-17-15(18-22-13)12-4-3-9-21-12;/h3-4,9-11,16H,5-8H2,1-2H3;1H. The zero-order valence-electron chi connectivity index (χ0n) is 13.2. The highest BCUT2D eigenvalue weighted by molar-refractivity contribution is 5.85. The molecule has 0 bridgehead atoms. The van der Waals surface area contributed by atoms with Crippen LogP contribution in [0.15, 0.2) is 27.3 Å². The van der Waals surface area contributed by atoms with Gasteiger partial charge in [-0.1, -0.05) is 5.16 Å². The van der Waals surface area contributed by atoms with E-state index in [1.165, 1.54) is 0 Å². The van der Waals surface area contributed by atoms with Gasteiger partial charge in [-0.05, 0) is 26.0 Å². The van der Waals surface area contributed by atoms with Gasteiger partial charge in [-0.3, -0.25) is 4.79 Å². The van der Waals surface area contributed by atoms with E-state index in [2.05, 4.69) is 29.3 Å². The van der Waals surface area contributed by atoms with E-state index < -0.39 is 0 Å². The summed E-state index contributed by atoms with van der Waals surface area (Å²) in [6.07, 6.45) is 2.37. The van der Waals surface area contributed by atoms with Gasteiger partial charge in [0.2, 0.25) is 17.6 Å². The molecule has 0 spiro atoms. The summed E-state index contributed by atoms with van der Waals surface area (Å²) in [7, 11) is 0. The van der Waals surface area contributed by atoms with Gasteiger partial charge in [0, 0.05) is 38.0 Å². The van der Waals surface area contributed by atoms with Gasteiger partial charge in [-0.2, -0.15) is 4.98 Å². The highest BCUT2D eigenvalue weighted by atomic mass is 35.5. The third-order valence-corrected chi connectivity index (χ3v) is 4.12. The molecule has 0 saturated carbocycles. The average molecular weight is 341 g/mol. The molecule has 2 aromatic heterocycles. The molecular weight excluding hydrogens is 320 g/mol. The van der Waals surface area contributed by atoms with Crippen molar-refractivity contribution in [3.05, 3.63) is 24.3 Å². The lowest BCUT2D eigenvalue weighted by atomic mass is 10.1. The molecule has 3 heterocycles. The Morgan fingerprint density at radius 2 is 2.30 bits per heavy atom. The third-order valence-electron chi connectivity index (χ3n) is 4.12. The molecular formula is C15H21ClN4O3. The van der Waals surface area contributed by atoms with Crippen LogP contribution in [0.3, 0.4) is 0 Å². The Morgan fingerprint density at radius 1 is 1.48 bits per heavy atom. The normalized spacial score (nSPS) is 21.0.